The van der Waals surface area contributed by atoms with Crippen LogP contribution in [0.2, 0.25) is 0 Å². The summed E-state index contributed by atoms with van der Waals surface area (Å²) in [4.78, 5) is 4.79. The monoisotopic (exact) mass is 298 g/mol. The first-order valence-electron chi connectivity index (χ1n) is 7.37. The molecule has 2 nitrogen and oxygen atoms in total. The molecular weight excluding hydrogens is 280 g/mol. The molecule has 1 heterocycles. The van der Waals surface area contributed by atoms with Gasteiger partial charge in [-0.3, -0.25) is 4.57 Å². The second kappa shape index (κ2) is 5.90. The van der Waals surface area contributed by atoms with Crippen molar-refractivity contribution < 1.29 is 0 Å². The van der Waals surface area contributed by atoms with Crippen LogP contribution in [0.5, 0.6) is 0 Å². The molecule has 0 N–H and O–H groups in total. The molecule has 3 heteroatoms. The van der Waals surface area contributed by atoms with E-state index in [1.54, 1.807) is 0 Å². The summed E-state index contributed by atoms with van der Waals surface area (Å²) >= 11 is 5.98. The molecule has 0 bridgehead atoms. The molecule has 0 atom stereocenters. The maximum atomic E-state index is 5.98. The number of benzene rings is 2. The first-order valence-corrected chi connectivity index (χ1v) is 7.91. The Bertz CT molecular complexity index is 774. The van der Waals surface area contributed by atoms with Crippen LogP contribution in [0.1, 0.15) is 23.9 Å². The molecule has 1 aromatic heterocycles. The summed E-state index contributed by atoms with van der Waals surface area (Å²) in [6, 6.07) is 14.8. The smallest absolute Gasteiger partial charge is 0.115 e. The lowest BCUT2D eigenvalue weighted by Crippen LogP contribution is -2.05. The van der Waals surface area contributed by atoms with Crippen LogP contribution in [0.3, 0.4) is 0 Å². The van der Waals surface area contributed by atoms with Gasteiger partial charge in [0, 0.05) is 12.3 Å². The van der Waals surface area contributed by atoms with Gasteiger partial charge >= 0.3 is 0 Å². The van der Waals surface area contributed by atoms with E-state index in [0.29, 0.717) is 5.88 Å². The number of halogens is 1. The molecular formula is C18H19ClN2. The number of aromatic nitrogens is 2. The van der Waals surface area contributed by atoms with Gasteiger partial charge in [-0.15, -0.1) is 11.6 Å². The SMILES string of the molecule is CCc1ccccc1-n1c(CCCl)nc2cccc(C)c21. The van der Waals surface area contributed by atoms with Gasteiger partial charge in [0.2, 0.25) is 0 Å². The maximum Gasteiger partial charge on any atom is 0.115 e. The predicted molar refractivity (Wildman–Crippen MR) is 89.6 cm³/mol. The molecule has 0 saturated heterocycles. The Morgan fingerprint density at radius 2 is 1.90 bits per heavy atom. The molecule has 2 aromatic carbocycles. The van der Waals surface area contributed by atoms with E-state index in [0.717, 1.165) is 24.2 Å². The van der Waals surface area contributed by atoms with E-state index in [2.05, 4.69) is 60.9 Å². The normalized spacial score (nSPS) is 11.2. The molecule has 21 heavy (non-hydrogen) atoms. The zero-order chi connectivity index (χ0) is 14.8. The third kappa shape index (κ3) is 2.44. The van der Waals surface area contributed by atoms with Crippen molar-refractivity contribution >= 4 is 22.6 Å². The highest BCUT2D eigenvalue weighted by molar-refractivity contribution is 6.18. The molecule has 0 aliphatic heterocycles. The fourth-order valence-electron chi connectivity index (χ4n) is 2.88. The second-order valence-corrected chi connectivity index (χ2v) is 5.61. The van der Waals surface area contributed by atoms with Crippen molar-refractivity contribution in [2.45, 2.75) is 26.7 Å². The first-order chi connectivity index (χ1) is 10.3. The van der Waals surface area contributed by atoms with Crippen LogP contribution < -0.4 is 0 Å². The van der Waals surface area contributed by atoms with Crippen LogP contribution in [0.15, 0.2) is 42.5 Å². The van der Waals surface area contributed by atoms with Gasteiger partial charge < -0.3 is 0 Å². The third-order valence-electron chi connectivity index (χ3n) is 3.88. The summed E-state index contributed by atoms with van der Waals surface area (Å²) in [5.41, 5.74) is 6.03. The lowest BCUT2D eigenvalue weighted by atomic mass is 10.1. The fourth-order valence-corrected chi connectivity index (χ4v) is 3.05. The zero-order valence-electron chi connectivity index (χ0n) is 12.4. The number of alkyl halides is 1. The Kier molecular flexibility index (Phi) is 3.98. The predicted octanol–water partition coefficient (Wildman–Crippen LogP) is 4.68. The number of aryl methyl sites for hydroxylation is 3. The summed E-state index contributed by atoms with van der Waals surface area (Å²) in [5, 5.41) is 0. The average molecular weight is 299 g/mol. The molecule has 0 aliphatic rings. The minimum absolute atomic E-state index is 0.580. The molecule has 3 rings (SSSR count). The van der Waals surface area contributed by atoms with Gasteiger partial charge in [0.1, 0.15) is 5.82 Å². The van der Waals surface area contributed by atoms with Crippen LogP contribution in [-0.2, 0) is 12.8 Å². The van der Waals surface area contributed by atoms with Gasteiger partial charge in [-0.2, -0.15) is 0 Å². The molecule has 0 fully saturated rings. The topological polar surface area (TPSA) is 17.8 Å². The van der Waals surface area contributed by atoms with Crippen LogP contribution in [0.4, 0.5) is 0 Å². The Morgan fingerprint density at radius 1 is 1.10 bits per heavy atom. The van der Waals surface area contributed by atoms with Gasteiger partial charge in [-0.05, 0) is 36.6 Å². The molecule has 0 spiro atoms. The van der Waals surface area contributed by atoms with Gasteiger partial charge in [0.25, 0.3) is 0 Å². The Morgan fingerprint density at radius 3 is 2.67 bits per heavy atom. The lowest BCUT2D eigenvalue weighted by Gasteiger charge is -2.14. The van der Waals surface area contributed by atoms with Gasteiger partial charge in [-0.25, -0.2) is 4.98 Å². The highest BCUT2D eigenvalue weighted by Gasteiger charge is 2.15. The number of fused-ring (bicyclic) bond motifs is 1. The van der Waals surface area contributed by atoms with Crippen LogP contribution in [-0.4, -0.2) is 15.4 Å². The van der Waals surface area contributed by atoms with Crippen molar-refractivity contribution in [1.82, 2.24) is 9.55 Å². The zero-order valence-corrected chi connectivity index (χ0v) is 13.2. The molecule has 0 amide bonds. The van der Waals surface area contributed by atoms with E-state index in [1.807, 2.05) is 0 Å². The molecule has 0 unspecified atom stereocenters. The highest BCUT2D eigenvalue weighted by Crippen LogP contribution is 2.27. The summed E-state index contributed by atoms with van der Waals surface area (Å²) in [6.45, 7) is 4.32. The molecule has 108 valence electrons. The van der Waals surface area contributed by atoms with E-state index in [1.165, 1.54) is 22.3 Å². The molecule has 0 saturated carbocycles. The van der Waals surface area contributed by atoms with Crippen molar-refractivity contribution in [1.29, 1.82) is 0 Å². The number of nitrogens with zero attached hydrogens (tertiary/aromatic N) is 2. The largest absolute Gasteiger partial charge is 0.296 e. The number of hydrogen-bond donors (Lipinski definition) is 0. The van der Waals surface area contributed by atoms with E-state index in [-0.39, 0.29) is 0 Å². The van der Waals surface area contributed by atoms with Gasteiger partial charge in [0.15, 0.2) is 0 Å². The Balaban J connectivity index is 2.36. The number of imidazole rings is 1. The molecule has 3 aromatic rings. The van der Waals surface area contributed by atoms with E-state index in [9.17, 15) is 0 Å². The summed E-state index contributed by atoms with van der Waals surface area (Å²) in [6.07, 6.45) is 1.77. The van der Waals surface area contributed by atoms with E-state index >= 15 is 0 Å². The average Bonchev–Trinajstić information content (AvgIpc) is 2.87. The molecule has 0 aliphatic carbocycles. The molecule has 0 radical (unpaired) electrons. The van der Waals surface area contributed by atoms with Crippen molar-refractivity contribution in [2.24, 2.45) is 0 Å². The summed E-state index contributed by atoms with van der Waals surface area (Å²) < 4.78 is 2.28. The number of rotatable bonds is 4. The van der Waals surface area contributed by atoms with E-state index < -0.39 is 0 Å². The number of hydrogen-bond acceptors (Lipinski definition) is 1. The maximum absolute atomic E-state index is 5.98. The minimum Gasteiger partial charge on any atom is -0.296 e. The summed E-state index contributed by atoms with van der Waals surface area (Å²) in [5.74, 6) is 1.62. The Hall–Kier alpha value is -1.80. The minimum atomic E-state index is 0.580. The highest BCUT2D eigenvalue weighted by atomic mass is 35.5. The van der Waals surface area contributed by atoms with Crippen LogP contribution >= 0.6 is 11.6 Å². The van der Waals surface area contributed by atoms with Gasteiger partial charge in [-0.1, -0.05) is 37.3 Å². The van der Waals surface area contributed by atoms with Crippen molar-refractivity contribution in [2.75, 3.05) is 5.88 Å². The fraction of sp³-hybridized carbons (Fsp3) is 0.278. The standard InChI is InChI=1S/C18H19ClN2/c1-3-14-8-4-5-10-16(14)21-17(11-12-19)20-15-9-6-7-13(2)18(15)21/h4-10H,3,11-12H2,1-2H3. The number of para-hydroxylation sites is 2. The third-order valence-corrected chi connectivity index (χ3v) is 4.07. The second-order valence-electron chi connectivity index (χ2n) is 5.23. The Labute approximate surface area is 130 Å². The lowest BCUT2D eigenvalue weighted by molar-refractivity contribution is 0.897. The van der Waals surface area contributed by atoms with Gasteiger partial charge in [0.05, 0.1) is 16.7 Å². The quantitative estimate of drug-likeness (QED) is 0.640. The van der Waals surface area contributed by atoms with E-state index in [4.69, 9.17) is 16.6 Å². The van der Waals surface area contributed by atoms with Crippen molar-refractivity contribution in [3.63, 3.8) is 0 Å². The van der Waals surface area contributed by atoms with Crippen LogP contribution in [0, 0.1) is 6.92 Å². The van der Waals surface area contributed by atoms with Crippen LogP contribution in [0.25, 0.3) is 16.7 Å². The first kappa shape index (κ1) is 14.2. The van der Waals surface area contributed by atoms with Crippen molar-refractivity contribution in [3.05, 3.63) is 59.4 Å². The van der Waals surface area contributed by atoms with Crippen molar-refractivity contribution in [3.8, 4) is 5.69 Å². The summed E-state index contributed by atoms with van der Waals surface area (Å²) in [7, 11) is 0.